The van der Waals surface area contributed by atoms with Gasteiger partial charge in [0.05, 0.1) is 6.20 Å². The summed E-state index contributed by atoms with van der Waals surface area (Å²) in [5, 5.41) is 4.16. The smallest absolute Gasteiger partial charge is 0.260 e. The van der Waals surface area contributed by atoms with E-state index in [1.165, 1.54) is 21.3 Å². The van der Waals surface area contributed by atoms with Crippen molar-refractivity contribution in [2.75, 3.05) is 6.54 Å². The summed E-state index contributed by atoms with van der Waals surface area (Å²) in [4.78, 5) is 12.2. The van der Waals surface area contributed by atoms with Gasteiger partial charge in [0, 0.05) is 32.0 Å². The number of ketones is 1. The van der Waals surface area contributed by atoms with Gasteiger partial charge in [-0.15, -0.1) is 0 Å². The van der Waals surface area contributed by atoms with Gasteiger partial charge < -0.3 is 0 Å². The molecule has 1 saturated carbocycles. The van der Waals surface area contributed by atoms with Crippen molar-refractivity contribution < 1.29 is 13.2 Å². The summed E-state index contributed by atoms with van der Waals surface area (Å²) in [5.74, 6) is 0.114. The van der Waals surface area contributed by atoms with Crippen molar-refractivity contribution in [2.45, 2.75) is 49.6 Å². The molecule has 2 atom stereocenters. The Kier molecular flexibility index (Phi) is 3.88. The van der Waals surface area contributed by atoms with E-state index < -0.39 is 10.0 Å². The van der Waals surface area contributed by atoms with Gasteiger partial charge >= 0.3 is 0 Å². The SMILES string of the molecule is Cn1nccc1S(=O)(=O)N1CCCC1C1CCCCC1=O. The molecule has 1 aromatic rings. The summed E-state index contributed by atoms with van der Waals surface area (Å²) in [6.45, 7) is 0.502. The standard InChI is InChI=1S/C14H21N3O3S/c1-16-14(8-9-15-16)21(19,20)17-10-4-6-12(17)11-5-2-3-7-13(11)18/h8-9,11-12H,2-7,10H2,1H3. The predicted octanol–water partition coefficient (Wildman–Crippen LogP) is 1.33. The Morgan fingerprint density at radius 2 is 2.05 bits per heavy atom. The molecule has 0 spiro atoms. The second-order valence-electron chi connectivity index (χ2n) is 5.94. The van der Waals surface area contributed by atoms with Gasteiger partial charge in [0.2, 0.25) is 0 Å². The van der Waals surface area contributed by atoms with E-state index in [0.29, 0.717) is 13.0 Å². The molecule has 0 radical (unpaired) electrons. The first kappa shape index (κ1) is 14.7. The highest BCUT2D eigenvalue weighted by molar-refractivity contribution is 7.89. The second kappa shape index (κ2) is 5.53. The molecule has 0 N–H and O–H groups in total. The molecule has 0 amide bonds. The lowest BCUT2D eigenvalue weighted by atomic mass is 9.82. The lowest BCUT2D eigenvalue weighted by molar-refractivity contribution is -0.126. The van der Waals surface area contributed by atoms with Gasteiger partial charge in [0.15, 0.2) is 5.03 Å². The fourth-order valence-corrected chi connectivity index (χ4v) is 5.45. The van der Waals surface area contributed by atoms with Crippen LogP contribution in [0.25, 0.3) is 0 Å². The quantitative estimate of drug-likeness (QED) is 0.844. The van der Waals surface area contributed by atoms with Crippen molar-refractivity contribution in [3.05, 3.63) is 12.3 Å². The van der Waals surface area contributed by atoms with Gasteiger partial charge in [-0.3, -0.25) is 9.48 Å². The number of carbonyl (C=O) groups is 1. The van der Waals surface area contributed by atoms with Crippen molar-refractivity contribution in [1.82, 2.24) is 14.1 Å². The maximum atomic E-state index is 12.8. The topological polar surface area (TPSA) is 72.3 Å². The first-order valence-electron chi connectivity index (χ1n) is 7.54. The monoisotopic (exact) mass is 311 g/mol. The molecular formula is C14H21N3O3S. The number of hydrogen-bond acceptors (Lipinski definition) is 4. The maximum absolute atomic E-state index is 12.8. The average Bonchev–Trinajstić information content (AvgIpc) is 3.08. The minimum absolute atomic E-state index is 0.121. The molecule has 0 aromatic carbocycles. The van der Waals surface area contributed by atoms with E-state index in [1.807, 2.05) is 0 Å². The molecule has 2 unspecified atom stereocenters. The van der Waals surface area contributed by atoms with Crippen LogP contribution in [0, 0.1) is 5.92 Å². The van der Waals surface area contributed by atoms with Gasteiger partial charge in [0.1, 0.15) is 5.78 Å². The molecule has 2 heterocycles. The lowest BCUT2D eigenvalue weighted by Crippen LogP contribution is -2.44. The number of hydrogen-bond donors (Lipinski definition) is 0. The summed E-state index contributed by atoms with van der Waals surface area (Å²) >= 11 is 0. The molecule has 3 rings (SSSR count). The van der Waals surface area contributed by atoms with Crippen LogP contribution in [0.1, 0.15) is 38.5 Å². The number of aryl methyl sites for hydroxylation is 1. The molecule has 2 fully saturated rings. The van der Waals surface area contributed by atoms with E-state index in [4.69, 9.17) is 0 Å². The number of Topliss-reactive ketones (excluding diaryl/α,β-unsaturated/α-hetero) is 1. The van der Waals surface area contributed by atoms with Crippen molar-refractivity contribution >= 4 is 15.8 Å². The number of aromatic nitrogens is 2. The van der Waals surface area contributed by atoms with Crippen LogP contribution in [-0.2, 0) is 21.9 Å². The van der Waals surface area contributed by atoms with E-state index >= 15 is 0 Å². The van der Waals surface area contributed by atoms with Gasteiger partial charge in [-0.2, -0.15) is 9.40 Å². The van der Waals surface area contributed by atoms with Crippen molar-refractivity contribution in [1.29, 1.82) is 0 Å². The first-order chi connectivity index (χ1) is 10.0. The van der Waals surface area contributed by atoms with Crippen LogP contribution in [0.2, 0.25) is 0 Å². The van der Waals surface area contributed by atoms with Crippen LogP contribution in [0.3, 0.4) is 0 Å². The first-order valence-corrected chi connectivity index (χ1v) is 8.98. The Morgan fingerprint density at radius 1 is 1.24 bits per heavy atom. The highest BCUT2D eigenvalue weighted by Crippen LogP contribution is 2.35. The number of rotatable bonds is 3. The zero-order chi connectivity index (χ0) is 15.0. The van der Waals surface area contributed by atoms with E-state index in [9.17, 15) is 13.2 Å². The third kappa shape index (κ3) is 2.53. The minimum atomic E-state index is -3.57. The Labute approximate surface area is 125 Å². The average molecular weight is 311 g/mol. The van der Waals surface area contributed by atoms with E-state index in [-0.39, 0.29) is 22.8 Å². The van der Waals surface area contributed by atoms with Crippen molar-refractivity contribution in [2.24, 2.45) is 13.0 Å². The normalized spacial score (nSPS) is 28.1. The molecule has 2 aliphatic rings. The fourth-order valence-electron chi connectivity index (χ4n) is 3.62. The number of carbonyl (C=O) groups excluding carboxylic acids is 1. The highest BCUT2D eigenvalue weighted by atomic mass is 32.2. The predicted molar refractivity (Wildman–Crippen MR) is 77.1 cm³/mol. The summed E-state index contributed by atoms with van der Waals surface area (Å²) in [6.07, 6.45) is 6.48. The molecule has 116 valence electrons. The largest absolute Gasteiger partial charge is 0.299 e. The zero-order valence-corrected chi connectivity index (χ0v) is 13.1. The Hall–Kier alpha value is -1.21. The molecule has 1 aliphatic carbocycles. The van der Waals surface area contributed by atoms with Gasteiger partial charge in [0.25, 0.3) is 10.0 Å². The fraction of sp³-hybridized carbons (Fsp3) is 0.714. The molecule has 1 saturated heterocycles. The van der Waals surface area contributed by atoms with Crippen LogP contribution in [0.4, 0.5) is 0 Å². The van der Waals surface area contributed by atoms with Crippen molar-refractivity contribution in [3.8, 4) is 0 Å². The summed E-state index contributed by atoms with van der Waals surface area (Å²) in [7, 11) is -1.94. The Balaban J connectivity index is 1.90. The highest BCUT2D eigenvalue weighted by Gasteiger charge is 2.43. The lowest BCUT2D eigenvalue weighted by Gasteiger charge is -2.32. The van der Waals surface area contributed by atoms with E-state index in [0.717, 1.165) is 32.1 Å². The molecule has 21 heavy (non-hydrogen) atoms. The zero-order valence-electron chi connectivity index (χ0n) is 12.2. The maximum Gasteiger partial charge on any atom is 0.260 e. The third-order valence-corrected chi connectivity index (χ3v) is 6.66. The summed E-state index contributed by atoms with van der Waals surface area (Å²) in [5.41, 5.74) is 0. The molecule has 1 aromatic heterocycles. The van der Waals surface area contributed by atoms with Gasteiger partial charge in [-0.1, -0.05) is 6.42 Å². The van der Waals surface area contributed by atoms with Gasteiger partial charge in [-0.25, -0.2) is 8.42 Å². The van der Waals surface area contributed by atoms with Crippen LogP contribution in [0.5, 0.6) is 0 Å². The van der Waals surface area contributed by atoms with E-state index in [2.05, 4.69) is 5.10 Å². The summed E-state index contributed by atoms with van der Waals surface area (Å²) in [6, 6.07) is 1.35. The van der Waals surface area contributed by atoms with E-state index in [1.54, 1.807) is 7.05 Å². The Bertz CT molecular complexity index is 638. The van der Waals surface area contributed by atoms with Crippen molar-refractivity contribution in [3.63, 3.8) is 0 Å². The van der Waals surface area contributed by atoms with Crippen LogP contribution in [0.15, 0.2) is 17.3 Å². The van der Waals surface area contributed by atoms with Crippen LogP contribution in [-0.4, -0.2) is 40.9 Å². The number of nitrogens with zero attached hydrogens (tertiary/aromatic N) is 3. The molecule has 0 bridgehead atoms. The van der Waals surface area contributed by atoms with Gasteiger partial charge in [-0.05, 0) is 31.7 Å². The second-order valence-corrected chi connectivity index (χ2v) is 7.77. The molecular weight excluding hydrogens is 290 g/mol. The molecule has 6 nitrogen and oxygen atoms in total. The minimum Gasteiger partial charge on any atom is -0.299 e. The summed E-state index contributed by atoms with van der Waals surface area (Å²) < 4.78 is 28.6. The van der Waals surface area contributed by atoms with Crippen LogP contribution < -0.4 is 0 Å². The van der Waals surface area contributed by atoms with Crippen LogP contribution >= 0.6 is 0 Å². The molecule has 1 aliphatic heterocycles. The third-order valence-electron chi connectivity index (χ3n) is 4.66. The number of sulfonamides is 1. The Morgan fingerprint density at radius 3 is 2.71 bits per heavy atom. The molecule has 7 heteroatoms.